The van der Waals surface area contributed by atoms with E-state index in [0.717, 1.165) is 25.7 Å². The van der Waals surface area contributed by atoms with Gasteiger partial charge in [0.15, 0.2) is 0 Å². The fourth-order valence-electron chi connectivity index (χ4n) is 1.68. The van der Waals surface area contributed by atoms with Crippen molar-refractivity contribution in [2.75, 3.05) is 0 Å². The minimum Gasteiger partial charge on any atom is -0.343 e. The van der Waals surface area contributed by atoms with E-state index in [0.29, 0.717) is 0 Å². The van der Waals surface area contributed by atoms with Gasteiger partial charge in [-0.25, -0.2) is 5.84 Å². The van der Waals surface area contributed by atoms with Gasteiger partial charge in [-0.3, -0.25) is 15.0 Å². The zero-order valence-electron chi connectivity index (χ0n) is 7.72. The second kappa shape index (κ2) is 3.74. The fraction of sp³-hybridized carbons (Fsp3) is 0.750. The maximum atomic E-state index is 11.1. The number of amides is 2. The predicted octanol–water partition coefficient (Wildman–Crippen LogP) is -0.575. The summed E-state index contributed by atoms with van der Waals surface area (Å²) in [5.74, 6) is 3.40. The lowest BCUT2D eigenvalue weighted by Crippen LogP contribution is -2.51. The monoisotopic (exact) mass is 185 g/mol. The van der Waals surface area contributed by atoms with Crippen LogP contribution in [0.4, 0.5) is 0 Å². The molecular formula is C8H15N3O2. The standard InChI is InChI=1S/C8H15N3O2/c1-8(4-2-3-5-8)10-6(12)7(13)11-9/h2-5,9H2,1H3,(H,10,12)(H,11,13). The Hall–Kier alpha value is -1.10. The first-order valence-corrected chi connectivity index (χ1v) is 4.40. The Kier molecular flexibility index (Phi) is 2.87. The minimum absolute atomic E-state index is 0.219. The molecule has 0 spiro atoms. The number of nitrogens with one attached hydrogen (secondary N) is 2. The maximum absolute atomic E-state index is 11.1. The molecule has 0 aromatic heterocycles. The van der Waals surface area contributed by atoms with Crippen LogP contribution in [0.25, 0.3) is 0 Å². The van der Waals surface area contributed by atoms with Crippen LogP contribution in [0.3, 0.4) is 0 Å². The average molecular weight is 185 g/mol. The first-order valence-electron chi connectivity index (χ1n) is 4.40. The summed E-state index contributed by atoms with van der Waals surface area (Å²) in [4.78, 5) is 21.9. The molecule has 0 heterocycles. The third-order valence-corrected chi connectivity index (χ3v) is 2.46. The van der Waals surface area contributed by atoms with Crippen LogP contribution >= 0.6 is 0 Å². The number of rotatable bonds is 1. The van der Waals surface area contributed by atoms with Crippen molar-refractivity contribution < 1.29 is 9.59 Å². The molecule has 0 aliphatic heterocycles. The Labute approximate surface area is 77.0 Å². The van der Waals surface area contributed by atoms with Crippen molar-refractivity contribution in [2.45, 2.75) is 38.1 Å². The molecular weight excluding hydrogens is 170 g/mol. The SMILES string of the molecule is CC1(NC(=O)C(=O)NN)CCCC1. The minimum atomic E-state index is -0.784. The molecule has 2 amide bonds. The molecule has 4 N–H and O–H groups in total. The van der Waals surface area contributed by atoms with Crippen LogP contribution in [-0.4, -0.2) is 17.4 Å². The van der Waals surface area contributed by atoms with E-state index in [-0.39, 0.29) is 5.54 Å². The third kappa shape index (κ3) is 2.42. The predicted molar refractivity (Wildman–Crippen MR) is 47.3 cm³/mol. The van der Waals surface area contributed by atoms with Crippen LogP contribution in [0, 0.1) is 0 Å². The van der Waals surface area contributed by atoms with Crippen LogP contribution in [0.1, 0.15) is 32.6 Å². The zero-order chi connectivity index (χ0) is 9.90. The Morgan fingerprint density at radius 3 is 2.23 bits per heavy atom. The number of nitrogens with two attached hydrogens (primary N) is 1. The molecule has 0 radical (unpaired) electrons. The van der Waals surface area contributed by atoms with Crippen molar-refractivity contribution in [3.05, 3.63) is 0 Å². The summed E-state index contributed by atoms with van der Waals surface area (Å²) in [6.45, 7) is 1.95. The highest BCUT2D eigenvalue weighted by Crippen LogP contribution is 2.28. The molecule has 0 unspecified atom stereocenters. The highest BCUT2D eigenvalue weighted by Gasteiger charge is 2.31. The van der Waals surface area contributed by atoms with E-state index < -0.39 is 11.8 Å². The molecule has 5 heteroatoms. The summed E-state index contributed by atoms with van der Waals surface area (Å²) in [5, 5.41) is 2.67. The van der Waals surface area contributed by atoms with Crippen molar-refractivity contribution in [1.29, 1.82) is 0 Å². The highest BCUT2D eigenvalue weighted by molar-refractivity contribution is 6.35. The Morgan fingerprint density at radius 2 is 1.77 bits per heavy atom. The van der Waals surface area contributed by atoms with Gasteiger partial charge in [0.25, 0.3) is 0 Å². The van der Waals surface area contributed by atoms with Gasteiger partial charge in [-0.05, 0) is 19.8 Å². The smallest absolute Gasteiger partial charge is 0.323 e. The van der Waals surface area contributed by atoms with E-state index in [2.05, 4.69) is 5.32 Å². The molecule has 74 valence electrons. The molecule has 5 nitrogen and oxygen atoms in total. The van der Waals surface area contributed by atoms with Gasteiger partial charge in [0.05, 0.1) is 0 Å². The molecule has 1 rings (SSSR count). The van der Waals surface area contributed by atoms with Gasteiger partial charge < -0.3 is 5.32 Å². The van der Waals surface area contributed by atoms with Crippen molar-refractivity contribution >= 4 is 11.8 Å². The molecule has 0 aromatic carbocycles. The van der Waals surface area contributed by atoms with Crippen molar-refractivity contribution in [2.24, 2.45) is 5.84 Å². The van der Waals surface area contributed by atoms with Crippen LogP contribution in [0.5, 0.6) is 0 Å². The first-order chi connectivity index (χ1) is 6.07. The van der Waals surface area contributed by atoms with Gasteiger partial charge in [0, 0.05) is 5.54 Å². The lowest BCUT2D eigenvalue weighted by atomic mass is 10.0. The molecule has 1 saturated carbocycles. The summed E-state index contributed by atoms with van der Waals surface area (Å²) in [6, 6.07) is 0. The van der Waals surface area contributed by atoms with Gasteiger partial charge in [0.1, 0.15) is 0 Å². The van der Waals surface area contributed by atoms with Gasteiger partial charge in [-0.2, -0.15) is 0 Å². The number of hydrazine groups is 1. The van der Waals surface area contributed by atoms with E-state index in [9.17, 15) is 9.59 Å². The van der Waals surface area contributed by atoms with Crippen LogP contribution in [0.2, 0.25) is 0 Å². The lowest BCUT2D eigenvalue weighted by Gasteiger charge is -2.24. The number of hydrogen-bond donors (Lipinski definition) is 3. The highest BCUT2D eigenvalue weighted by atomic mass is 16.2. The second-order valence-electron chi connectivity index (χ2n) is 3.70. The molecule has 13 heavy (non-hydrogen) atoms. The molecule has 0 bridgehead atoms. The summed E-state index contributed by atoms with van der Waals surface area (Å²) in [5.41, 5.74) is 1.59. The molecule has 0 atom stereocenters. The zero-order valence-corrected chi connectivity index (χ0v) is 7.72. The van der Waals surface area contributed by atoms with Crippen molar-refractivity contribution in [3.8, 4) is 0 Å². The normalized spacial score (nSPS) is 19.5. The average Bonchev–Trinajstić information content (AvgIpc) is 2.50. The second-order valence-corrected chi connectivity index (χ2v) is 3.70. The van der Waals surface area contributed by atoms with E-state index >= 15 is 0 Å². The maximum Gasteiger partial charge on any atom is 0.323 e. The van der Waals surface area contributed by atoms with Gasteiger partial charge in [-0.15, -0.1) is 0 Å². The van der Waals surface area contributed by atoms with Crippen molar-refractivity contribution in [1.82, 2.24) is 10.7 Å². The number of carbonyl (C=O) groups is 2. The van der Waals surface area contributed by atoms with E-state index in [4.69, 9.17) is 5.84 Å². The largest absolute Gasteiger partial charge is 0.343 e. The summed E-state index contributed by atoms with van der Waals surface area (Å²) in [7, 11) is 0. The third-order valence-electron chi connectivity index (χ3n) is 2.46. The summed E-state index contributed by atoms with van der Waals surface area (Å²) < 4.78 is 0. The lowest BCUT2D eigenvalue weighted by molar-refractivity contribution is -0.140. The first kappa shape index (κ1) is 9.98. The van der Waals surface area contributed by atoms with E-state index in [1.807, 2.05) is 6.92 Å². The molecule has 0 aromatic rings. The van der Waals surface area contributed by atoms with Crippen LogP contribution in [-0.2, 0) is 9.59 Å². The number of hydrogen-bond acceptors (Lipinski definition) is 3. The van der Waals surface area contributed by atoms with Gasteiger partial charge >= 0.3 is 11.8 Å². The Bertz CT molecular complexity index is 221. The summed E-state index contributed by atoms with van der Waals surface area (Å²) in [6.07, 6.45) is 4.05. The quantitative estimate of drug-likeness (QED) is 0.221. The summed E-state index contributed by atoms with van der Waals surface area (Å²) >= 11 is 0. The molecule has 1 fully saturated rings. The van der Waals surface area contributed by atoms with E-state index in [1.165, 1.54) is 0 Å². The fourth-order valence-corrected chi connectivity index (χ4v) is 1.68. The van der Waals surface area contributed by atoms with Crippen LogP contribution < -0.4 is 16.6 Å². The molecule has 1 aliphatic rings. The Morgan fingerprint density at radius 1 is 1.23 bits per heavy atom. The van der Waals surface area contributed by atoms with Crippen molar-refractivity contribution in [3.63, 3.8) is 0 Å². The van der Waals surface area contributed by atoms with E-state index in [1.54, 1.807) is 5.43 Å². The van der Waals surface area contributed by atoms with Gasteiger partial charge in [0.2, 0.25) is 0 Å². The molecule has 1 aliphatic carbocycles. The number of carbonyl (C=O) groups excluding carboxylic acids is 2. The van der Waals surface area contributed by atoms with Gasteiger partial charge in [-0.1, -0.05) is 12.8 Å². The topological polar surface area (TPSA) is 84.2 Å². The molecule has 0 saturated heterocycles. The van der Waals surface area contributed by atoms with Crippen LogP contribution in [0.15, 0.2) is 0 Å². The Balaban J connectivity index is 2.47.